The maximum atomic E-state index is 13.3. The van der Waals surface area contributed by atoms with Gasteiger partial charge in [-0.05, 0) is 50.5 Å². The Morgan fingerprint density at radius 2 is 1.57 bits per heavy atom. The second-order valence-corrected chi connectivity index (χ2v) is 9.70. The summed E-state index contributed by atoms with van der Waals surface area (Å²) in [5.74, 6) is -0.836. The molecule has 1 heterocycles. The third kappa shape index (κ3) is 7.08. The Morgan fingerprint density at radius 1 is 0.925 bits per heavy atom. The molecule has 2 amide bonds. The van der Waals surface area contributed by atoms with Crippen molar-refractivity contribution < 1.29 is 22.8 Å². The summed E-state index contributed by atoms with van der Waals surface area (Å²) in [4.78, 5) is 34.4. The molecule has 4 aromatic rings. The first-order valence-corrected chi connectivity index (χ1v) is 12.7. The Morgan fingerprint density at radius 3 is 2.20 bits per heavy atom. The number of hydrogen-bond acceptors (Lipinski definition) is 4. The summed E-state index contributed by atoms with van der Waals surface area (Å²) in [6.07, 6.45) is -2.85. The third-order valence-corrected chi connectivity index (χ3v) is 6.37. The summed E-state index contributed by atoms with van der Waals surface area (Å²) < 4.78 is 40.9. The van der Waals surface area contributed by atoms with Crippen LogP contribution < -0.4 is 5.32 Å². The Hall–Kier alpha value is -4.15. The summed E-state index contributed by atoms with van der Waals surface area (Å²) >= 11 is 6.24. The maximum absolute atomic E-state index is 13.3. The van der Waals surface area contributed by atoms with Gasteiger partial charge < -0.3 is 9.80 Å². The van der Waals surface area contributed by atoms with Crippen molar-refractivity contribution in [2.24, 2.45) is 0 Å². The molecule has 7 nitrogen and oxygen atoms in total. The first-order chi connectivity index (χ1) is 19.0. The highest BCUT2D eigenvalue weighted by Gasteiger charge is 2.30. The minimum absolute atomic E-state index is 0.0985. The molecule has 3 aromatic carbocycles. The number of nitrogens with zero attached hydrogens (tertiary/aromatic N) is 4. The molecule has 0 saturated heterocycles. The molecule has 0 unspecified atom stereocenters. The van der Waals surface area contributed by atoms with Crippen LogP contribution in [-0.4, -0.2) is 64.9 Å². The van der Waals surface area contributed by atoms with E-state index in [4.69, 9.17) is 11.6 Å². The van der Waals surface area contributed by atoms with E-state index in [0.29, 0.717) is 17.9 Å². The number of anilines is 1. The largest absolute Gasteiger partial charge is 0.416 e. The van der Waals surface area contributed by atoms with Crippen molar-refractivity contribution >= 4 is 29.4 Å². The van der Waals surface area contributed by atoms with E-state index in [2.05, 4.69) is 10.3 Å². The second-order valence-electron chi connectivity index (χ2n) is 9.29. The Labute approximate surface area is 234 Å². The van der Waals surface area contributed by atoms with Gasteiger partial charge in [-0.15, -0.1) is 0 Å². The number of benzene rings is 3. The molecule has 1 N–H and O–H groups in total. The first-order valence-electron chi connectivity index (χ1n) is 12.3. The topological polar surface area (TPSA) is 70.5 Å². The highest BCUT2D eigenvalue weighted by atomic mass is 35.5. The molecule has 0 bridgehead atoms. The Balaban J connectivity index is 1.63. The molecule has 208 valence electrons. The van der Waals surface area contributed by atoms with Crippen molar-refractivity contribution in [3.8, 4) is 16.9 Å². The first kappa shape index (κ1) is 28.8. The van der Waals surface area contributed by atoms with Gasteiger partial charge in [-0.3, -0.25) is 19.5 Å². The lowest BCUT2D eigenvalue weighted by molar-refractivity contribution is -0.137. The van der Waals surface area contributed by atoms with E-state index in [-0.39, 0.29) is 29.6 Å². The summed E-state index contributed by atoms with van der Waals surface area (Å²) in [6.45, 7) is 0.466. The molecule has 1 aromatic heterocycles. The van der Waals surface area contributed by atoms with E-state index >= 15 is 0 Å². The predicted molar refractivity (Wildman–Crippen MR) is 149 cm³/mol. The molecule has 0 radical (unpaired) electrons. The van der Waals surface area contributed by atoms with E-state index in [1.165, 1.54) is 21.6 Å². The SMILES string of the molecule is CN(C)CCN(CC(=O)Nc1nc(-c2ccccc2)cn1-c1ccc(C(F)(F)F)cc1)C(=O)c1ccccc1Cl. The van der Waals surface area contributed by atoms with Crippen LogP contribution in [0.15, 0.2) is 85.1 Å². The minimum atomic E-state index is -4.48. The van der Waals surface area contributed by atoms with Gasteiger partial charge in [0.2, 0.25) is 11.9 Å². The average Bonchev–Trinajstić information content (AvgIpc) is 3.34. The van der Waals surface area contributed by atoms with Crippen molar-refractivity contribution in [2.45, 2.75) is 6.18 Å². The lowest BCUT2D eigenvalue weighted by atomic mass is 10.2. The van der Waals surface area contributed by atoms with Crippen LogP contribution in [0.3, 0.4) is 0 Å². The number of rotatable bonds is 9. The quantitative estimate of drug-likeness (QED) is 0.274. The summed E-state index contributed by atoms with van der Waals surface area (Å²) in [5.41, 5.74) is 1.11. The van der Waals surface area contributed by atoms with E-state index in [9.17, 15) is 22.8 Å². The summed E-state index contributed by atoms with van der Waals surface area (Å²) in [6, 6.07) is 20.3. The Bertz CT molecular complexity index is 1470. The van der Waals surface area contributed by atoms with E-state index < -0.39 is 23.6 Å². The predicted octanol–water partition coefficient (Wildman–Crippen LogP) is 5.85. The Kier molecular flexibility index (Phi) is 8.91. The molecular weight excluding hydrogens is 543 g/mol. The number of hydrogen-bond donors (Lipinski definition) is 1. The fourth-order valence-electron chi connectivity index (χ4n) is 3.94. The minimum Gasteiger partial charge on any atom is -0.328 e. The number of aromatic nitrogens is 2. The lowest BCUT2D eigenvalue weighted by Gasteiger charge is -2.24. The van der Waals surface area contributed by atoms with Gasteiger partial charge in [0.25, 0.3) is 5.91 Å². The van der Waals surface area contributed by atoms with Gasteiger partial charge in [0, 0.05) is 30.5 Å². The zero-order chi connectivity index (χ0) is 28.9. The number of nitrogens with one attached hydrogen (secondary N) is 1. The zero-order valence-electron chi connectivity index (χ0n) is 21.8. The molecule has 0 saturated carbocycles. The van der Waals surface area contributed by atoms with Gasteiger partial charge >= 0.3 is 6.18 Å². The van der Waals surface area contributed by atoms with Gasteiger partial charge in [0.05, 0.1) is 21.8 Å². The van der Waals surface area contributed by atoms with Gasteiger partial charge in [0.15, 0.2) is 0 Å². The van der Waals surface area contributed by atoms with Crippen LogP contribution in [0.2, 0.25) is 5.02 Å². The van der Waals surface area contributed by atoms with Crippen LogP contribution in [0.5, 0.6) is 0 Å². The molecule has 0 aliphatic heterocycles. The highest BCUT2D eigenvalue weighted by Crippen LogP contribution is 2.31. The number of amides is 2. The van der Waals surface area contributed by atoms with Crippen LogP contribution in [0.4, 0.5) is 19.1 Å². The molecule has 11 heteroatoms. The van der Waals surface area contributed by atoms with Crippen molar-refractivity contribution in [1.29, 1.82) is 0 Å². The van der Waals surface area contributed by atoms with E-state index in [0.717, 1.165) is 17.7 Å². The van der Waals surface area contributed by atoms with E-state index in [1.807, 2.05) is 49.3 Å². The third-order valence-electron chi connectivity index (χ3n) is 6.04. The fourth-order valence-corrected chi connectivity index (χ4v) is 4.16. The van der Waals surface area contributed by atoms with Gasteiger partial charge in [-0.1, -0.05) is 54.1 Å². The van der Waals surface area contributed by atoms with Crippen LogP contribution >= 0.6 is 11.6 Å². The highest BCUT2D eigenvalue weighted by molar-refractivity contribution is 6.33. The number of imidazole rings is 1. The number of likely N-dealkylation sites (N-methyl/N-ethyl adjacent to an activating group) is 1. The second kappa shape index (κ2) is 12.4. The number of carbonyl (C=O) groups is 2. The zero-order valence-corrected chi connectivity index (χ0v) is 22.6. The summed E-state index contributed by atoms with van der Waals surface area (Å²) in [7, 11) is 3.70. The van der Waals surface area contributed by atoms with Gasteiger partial charge in [-0.2, -0.15) is 13.2 Å². The van der Waals surface area contributed by atoms with Gasteiger partial charge in [0.1, 0.15) is 6.54 Å². The van der Waals surface area contributed by atoms with Crippen LogP contribution in [0.1, 0.15) is 15.9 Å². The molecule has 0 atom stereocenters. The maximum Gasteiger partial charge on any atom is 0.416 e. The molecule has 0 aliphatic carbocycles. The normalized spacial score (nSPS) is 11.5. The number of alkyl halides is 3. The van der Waals surface area contributed by atoms with Crippen molar-refractivity contribution in [3.63, 3.8) is 0 Å². The molecule has 40 heavy (non-hydrogen) atoms. The van der Waals surface area contributed by atoms with Crippen LogP contribution in [0, 0.1) is 0 Å². The smallest absolute Gasteiger partial charge is 0.328 e. The van der Waals surface area contributed by atoms with Crippen LogP contribution in [0.25, 0.3) is 16.9 Å². The number of halogens is 4. The van der Waals surface area contributed by atoms with Crippen molar-refractivity contribution in [1.82, 2.24) is 19.4 Å². The standard InChI is InChI=1S/C29H27ClF3N5O2/c1-36(2)16-17-37(27(40)23-10-6-7-11-24(23)30)19-26(39)35-28-34-25(20-8-4-3-5-9-20)18-38(28)22-14-12-21(13-15-22)29(31,32)33/h3-15,18H,16-17,19H2,1-2H3,(H,34,35,39). The van der Waals surface area contributed by atoms with Crippen molar-refractivity contribution in [3.05, 3.63) is 101 Å². The van der Waals surface area contributed by atoms with Crippen molar-refractivity contribution in [2.75, 3.05) is 39.0 Å². The molecule has 0 spiro atoms. The van der Waals surface area contributed by atoms with Gasteiger partial charge in [-0.25, -0.2) is 4.98 Å². The molecule has 0 aliphatic rings. The average molecular weight is 570 g/mol. The number of carbonyl (C=O) groups excluding carboxylic acids is 2. The molecule has 0 fully saturated rings. The lowest BCUT2D eigenvalue weighted by Crippen LogP contribution is -2.42. The monoisotopic (exact) mass is 569 g/mol. The fraction of sp³-hybridized carbons (Fsp3) is 0.207. The summed E-state index contributed by atoms with van der Waals surface area (Å²) in [5, 5.41) is 3.00. The molecule has 4 rings (SSSR count). The van der Waals surface area contributed by atoms with E-state index in [1.54, 1.807) is 30.5 Å². The molecular formula is C29H27ClF3N5O2. The van der Waals surface area contributed by atoms with Crippen LogP contribution in [-0.2, 0) is 11.0 Å².